The zero-order valence-corrected chi connectivity index (χ0v) is 21.8. The van der Waals surface area contributed by atoms with Gasteiger partial charge in [0.15, 0.2) is 6.79 Å². The lowest BCUT2D eigenvalue weighted by molar-refractivity contribution is -0.0409. The largest absolute Gasteiger partial charge is 0.467 e. The number of piperidine rings is 1. The van der Waals surface area contributed by atoms with Crippen LogP contribution in [0.25, 0.3) is 0 Å². The highest BCUT2D eigenvalue weighted by Gasteiger charge is 2.35. The maximum atomic E-state index is 14.6. The first-order valence-electron chi connectivity index (χ1n) is 11.1. The predicted octanol–water partition coefficient (Wildman–Crippen LogP) is 3.62. The number of nitrogens with one attached hydrogen (secondary N) is 1. The van der Waals surface area contributed by atoms with Crippen LogP contribution in [0.15, 0.2) is 12.1 Å². The molecule has 3 rings (SSSR count). The topological polar surface area (TPSA) is 94.2 Å². The summed E-state index contributed by atoms with van der Waals surface area (Å²) in [6.07, 6.45) is 4.17. The van der Waals surface area contributed by atoms with Gasteiger partial charge < -0.3 is 14.2 Å². The second kappa shape index (κ2) is 11.3. The molecular weight excluding hydrogens is 510 g/mol. The first-order valence-corrected chi connectivity index (χ1v) is 13.8. The normalized spacial score (nSPS) is 20.5. The summed E-state index contributed by atoms with van der Waals surface area (Å²) in [4.78, 5) is 13.7. The number of carbonyl (C=O) groups excluding carboxylic acids is 1. The molecule has 1 heterocycles. The van der Waals surface area contributed by atoms with Crippen LogP contribution < -0.4 is 9.46 Å². The van der Waals surface area contributed by atoms with E-state index in [1.54, 1.807) is 11.8 Å². The van der Waals surface area contributed by atoms with Crippen molar-refractivity contribution in [3.8, 4) is 5.75 Å². The molecule has 8 nitrogen and oxygen atoms in total. The molecular formula is C22H31Cl2FN2O6S. The van der Waals surface area contributed by atoms with Gasteiger partial charge in [0.1, 0.15) is 22.1 Å². The maximum Gasteiger partial charge on any atom is 0.267 e. The number of nitrogens with zero attached hydrogens (tertiary/aromatic N) is 1. The van der Waals surface area contributed by atoms with Crippen molar-refractivity contribution >= 4 is 39.1 Å². The standard InChI is InChI=1S/C22H31Cl2FN2O6S/c1-22(24,12-31-2)27-8-6-15(7-9-27)20(23)33-13-32-19-11-18(25)17(10-16(19)14-4-5-14)21(28)26-34(3,29)30/h10-11,14-15,20H,4-9,12-13H2,1-3H3,(H,26,28)/t20-,22-/m0/s1. The average Bonchev–Trinajstić information content (AvgIpc) is 3.58. The zero-order valence-electron chi connectivity index (χ0n) is 19.5. The first kappa shape index (κ1) is 27.4. The van der Waals surface area contributed by atoms with Gasteiger partial charge in [-0.25, -0.2) is 17.5 Å². The Balaban J connectivity index is 1.56. The number of rotatable bonds is 11. The number of carbonyl (C=O) groups is 1. The van der Waals surface area contributed by atoms with Crippen molar-refractivity contribution in [2.75, 3.05) is 39.9 Å². The molecule has 2 aliphatic rings. The van der Waals surface area contributed by atoms with E-state index in [1.807, 2.05) is 6.92 Å². The van der Waals surface area contributed by atoms with Crippen LogP contribution in [0.4, 0.5) is 4.39 Å². The molecule has 0 unspecified atom stereocenters. The van der Waals surface area contributed by atoms with Gasteiger partial charge in [0.2, 0.25) is 10.0 Å². The van der Waals surface area contributed by atoms with Crippen LogP contribution in [0.2, 0.25) is 0 Å². The van der Waals surface area contributed by atoms with Gasteiger partial charge in [-0.05, 0) is 50.2 Å². The van der Waals surface area contributed by atoms with E-state index in [0.717, 1.165) is 51.1 Å². The van der Waals surface area contributed by atoms with Gasteiger partial charge in [0.25, 0.3) is 5.91 Å². The summed E-state index contributed by atoms with van der Waals surface area (Å²) in [5, 5.41) is 0. The van der Waals surface area contributed by atoms with Crippen molar-refractivity contribution in [2.45, 2.75) is 49.1 Å². The number of alkyl halides is 2. The Hall–Kier alpha value is -1.17. The van der Waals surface area contributed by atoms with Crippen LogP contribution in [0.5, 0.6) is 5.75 Å². The lowest BCUT2D eigenvalue weighted by atomic mass is 9.96. The number of halogens is 3. The molecule has 192 valence electrons. The predicted molar refractivity (Wildman–Crippen MR) is 127 cm³/mol. The Bertz CT molecular complexity index is 982. The van der Waals surface area contributed by atoms with Gasteiger partial charge in [-0.2, -0.15) is 0 Å². The molecule has 0 bridgehead atoms. The van der Waals surface area contributed by atoms with Crippen molar-refractivity contribution < 1.29 is 31.8 Å². The van der Waals surface area contributed by atoms with Crippen molar-refractivity contribution in [2.24, 2.45) is 5.92 Å². The summed E-state index contributed by atoms with van der Waals surface area (Å²) in [7, 11) is -2.19. The Labute approximate surface area is 210 Å². The second-order valence-electron chi connectivity index (χ2n) is 9.03. The molecule has 1 aromatic carbocycles. The summed E-state index contributed by atoms with van der Waals surface area (Å²) < 4.78 is 55.6. The fourth-order valence-corrected chi connectivity index (χ4v) is 5.12. The zero-order chi connectivity index (χ0) is 25.1. The van der Waals surface area contributed by atoms with E-state index in [9.17, 15) is 17.6 Å². The van der Waals surface area contributed by atoms with Crippen LogP contribution >= 0.6 is 23.2 Å². The van der Waals surface area contributed by atoms with E-state index in [2.05, 4.69) is 4.90 Å². The minimum Gasteiger partial charge on any atom is -0.467 e. The first-order chi connectivity index (χ1) is 15.9. The number of ether oxygens (including phenoxy) is 3. The van der Waals surface area contributed by atoms with Crippen LogP contribution in [0.1, 0.15) is 54.4 Å². The third-order valence-corrected chi connectivity index (χ3v) is 7.45. The molecule has 1 saturated carbocycles. The SMILES string of the molecule is COC[C@@](C)(Cl)N1CCC([C@@H](Cl)OCOc2cc(F)c(C(=O)NS(C)(=O)=O)cc2C2CC2)CC1. The Morgan fingerprint density at radius 1 is 1.29 bits per heavy atom. The molecule has 0 spiro atoms. The van der Waals surface area contributed by atoms with Gasteiger partial charge >= 0.3 is 0 Å². The van der Waals surface area contributed by atoms with Gasteiger partial charge in [-0.3, -0.25) is 9.69 Å². The molecule has 12 heteroatoms. The molecule has 2 fully saturated rings. The number of benzene rings is 1. The summed E-state index contributed by atoms with van der Waals surface area (Å²) in [6, 6.07) is 2.44. The van der Waals surface area contributed by atoms with Crippen molar-refractivity contribution in [3.05, 3.63) is 29.1 Å². The molecule has 0 radical (unpaired) electrons. The van der Waals surface area contributed by atoms with Gasteiger partial charge in [-0.15, -0.1) is 0 Å². The third kappa shape index (κ3) is 7.41. The van der Waals surface area contributed by atoms with Gasteiger partial charge in [0, 0.05) is 32.2 Å². The summed E-state index contributed by atoms with van der Waals surface area (Å²) in [5.74, 6) is -1.41. The molecule has 1 aliphatic heterocycles. The lowest BCUT2D eigenvalue weighted by Crippen LogP contribution is -2.50. The molecule has 1 aliphatic carbocycles. The molecule has 1 amide bonds. The van der Waals surface area contributed by atoms with E-state index >= 15 is 0 Å². The molecule has 34 heavy (non-hydrogen) atoms. The number of sulfonamides is 1. The summed E-state index contributed by atoms with van der Waals surface area (Å²) >= 11 is 13.0. The third-order valence-electron chi connectivity index (χ3n) is 6.06. The van der Waals surface area contributed by atoms with E-state index in [4.69, 9.17) is 37.4 Å². The van der Waals surface area contributed by atoms with Crippen LogP contribution in [0, 0.1) is 11.7 Å². The fraction of sp³-hybridized carbons (Fsp3) is 0.682. The molecule has 2 atom stereocenters. The number of hydrogen-bond donors (Lipinski definition) is 1. The smallest absolute Gasteiger partial charge is 0.267 e. The van der Waals surface area contributed by atoms with Crippen molar-refractivity contribution in [1.82, 2.24) is 9.62 Å². The van der Waals surface area contributed by atoms with Gasteiger partial charge in [0.05, 0.1) is 18.4 Å². The van der Waals surface area contributed by atoms with Crippen LogP contribution in [-0.2, 0) is 19.5 Å². The summed E-state index contributed by atoms with van der Waals surface area (Å²) in [5.41, 5.74) is -0.287. The highest BCUT2D eigenvalue weighted by molar-refractivity contribution is 7.89. The molecule has 0 aromatic heterocycles. The minimum atomic E-state index is -3.81. The van der Waals surface area contributed by atoms with E-state index in [0.29, 0.717) is 12.2 Å². The number of likely N-dealkylation sites (tertiary alicyclic amines) is 1. The van der Waals surface area contributed by atoms with Crippen molar-refractivity contribution in [1.29, 1.82) is 0 Å². The molecule has 1 N–H and O–H groups in total. The van der Waals surface area contributed by atoms with E-state index in [1.165, 1.54) is 6.07 Å². The highest BCUT2D eigenvalue weighted by Crippen LogP contribution is 2.45. The highest BCUT2D eigenvalue weighted by atomic mass is 35.5. The van der Waals surface area contributed by atoms with E-state index in [-0.39, 0.29) is 29.9 Å². The quantitative estimate of drug-likeness (QED) is 0.260. The number of methoxy groups -OCH3 is 1. The molecule has 1 saturated heterocycles. The van der Waals surface area contributed by atoms with Crippen molar-refractivity contribution in [3.63, 3.8) is 0 Å². The fourth-order valence-electron chi connectivity index (χ4n) is 4.09. The van der Waals surface area contributed by atoms with Crippen LogP contribution in [0.3, 0.4) is 0 Å². The second-order valence-corrected chi connectivity index (χ2v) is 12.0. The number of amides is 1. The average molecular weight is 541 g/mol. The van der Waals surface area contributed by atoms with Crippen LogP contribution in [-0.4, -0.2) is 69.6 Å². The monoisotopic (exact) mass is 540 g/mol. The van der Waals surface area contributed by atoms with E-state index < -0.39 is 32.3 Å². The molecule has 1 aromatic rings. The minimum absolute atomic E-state index is 0.109. The Morgan fingerprint density at radius 3 is 2.50 bits per heavy atom. The lowest BCUT2D eigenvalue weighted by Gasteiger charge is -2.41. The summed E-state index contributed by atoms with van der Waals surface area (Å²) in [6.45, 7) is 3.68. The number of hydrogen-bond acceptors (Lipinski definition) is 7. The maximum absolute atomic E-state index is 14.6. The Morgan fingerprint density at radius 2 is 1.94 bits per heavy atom. The Kier molecular flexibility index (Phi) is 9.08. The van der Waals surface area contributed by atoms with Gasteiger partial charge in [-0.1, -0.05) is 23.2 Å².